The highest BCUT2D eigenvalue weighted by Gasteiger charge is 2.32. The summed E-state index contributed by atoms with van der Waals surface area (Å²) >= 11 is 0. The first-order valence-corrected chi connectivity index (χ1v) is 8.03. The summed E-state index contributed by atoms with van der Waals surface area (Å²) in [6.07, 6.45) is 2.50. The molecule has 1 unspecified atom stereocenters. The number of fused-ring (bicyclic) bond motifs is 1. The van der Waals surface area contributed by atoms with E-state index in [-0.39, 0.29) is 6.03 Å². The number of urea groups is 1. The lowest BCUT2D eigenvalue weighted by molar-refractivity contribution is 0.124. The lowest BCUT2D eigenvalue weighted by Gasteiger charge is -2.37. The van der Waals surface area contributed by atoms with Gasteiger partial charge in [0.05, 0.1) is 0 Å². The molecule has 4 nitrogen and oxygen atoms in total. The molecule has 1 aromatic carbocycles. The highest BCUT2D eigenvalue weighted by atomic mass is 16.2. The maximum absolute atomic E-state index is 12.4. The molecule has 3 rings (SSSR count). The number of benzene rings is 1. The third-order valence-electron chi connectivity index (χ3n) is 4.70. The van der Waals surface area contributed by atoms with E-state index in [9.17, 15) is 4.79 Å². The van der Waals surface area contributed by atoms with E-state index < -0.39 is 0 Å². The van der Waals surface area contributed by atoms with E-state index >= 15 is 0 Å². The van der Waals surface area contributed by atoms with Crippen LogP contribution in [0.1, 0.15) is 38.2 Å². The summed E-state index contributed by atoms with van der Waals surface area (Å²) in [5.74, 6) is 0.519. The van der Waals surface area contributed by atoms with Crippen molar-refractivity contribution in [3.8, 4) is 0 Å². The Kier molecular flexibility index (Phi) is 4.15. The van der Waals surface area contributed by atoms with Crippen molar-refractivity contribution in [2.75, 3.05) is 31.5 Å². The Labute approximate surface area is 127 Å². The molecule has 0 spiro atoms. The average Bonchev–Trinajstić information content (AvgIpc) is 2.95. The molecule has 2 aliphatic rings. The summed E-state index contributed by atoms with van der Waals surface area (Å²) in [5, 5.41) is 3.03. The van der Waals surface area contributed by atoms with Crippen LogP contribution in [-0.4, -0.2) is 48.1 Å². The number of amides is 2. The maximum Gasteiger partial charge on any atom is 0.321 e. The molecular weight excluding hydrogens is 262 g/mol. The molecule has 1 aromatic rings. The van der Waals surface area contributed by atoms with E-state index in [0.29, 0.717) is 12.0 Å². The van der Waals surface area contributed by atoms with Crippen LogP contribution in [0, 0.1) is 0 Å². The van der Waals surface area contributed by atoms with E-state index in [4.69, 9.17) is 0 Å². The monoisotopic (exact) mass is 287 g/mol. The minimum absolute atomic E-state index is 0.0406. The van der Waals surface area contributed by atoms with Crippen molar-refractivity contribution >= 4 is 11.7 Å². The number of rotatable bonds is 2. The standard InChI is InChI=1S/C17H25N3O/c1-13(2)14-5-7-15(8-6-14)18-17(21)20-11-10-19-9-3-4-16(19)12-20/h5-8,13,16H,3-4,9-12H2,1-2H3,(H,18,21). The van der Waals surface area contributed by atoms with Crippen molar-refractivity contribution in [3.05, 3.63) is 29.8 Å². The molecule has 4 heteroatoms. The van der Waals surface area contributed by atoms with Gasteiger partial charge in [0.1, 0.15) is 0 Å². The Morgan fingerprint density at radius 1 is 1.19 bits per heavy atom. The first kappa shape index (κ1) is 14.4. The van der Waals surface area contributed by atoms with E-state index in [1.54, 1.807) is 0 Å². The number of piperazine rings is 1. The number of carbonyl (C=O) groups excluding carboxylic acids is 1. The number of nitrogens with zero attached hydrogens (tertiary/aromatic N) is 2. The zero-order chi connectivity index (χ0) is 14.8. The Morgan fingerprint density at radius 2 is 1.95 bits per heavy atom. The van der Waals surface area contributed by atoms with Crippen molar-refractivity contribution in [2.45, 2.75) is 38.6 Å². The highest BCUT2D eigenvalue weighted by Crippen LogP contribution is 2.22. The Hall–Kier alpha value is -1.55. The normalized spacial score (nSPS) is 22.4. The van der Waals surface area contributed by atoms with Crippen LogP contribution in [0.25, 0.3) is 0 Å². The average molecular weight is 287 g/mol. The highest BCUT2D eigenvalue weighted by molar-refractivity contribution is 5.89. The van der Waals surface area contributed by atoms with Crippen LogP contribution >= 0.6 is 0 Å². The first-order chi connectivity index (χ1) is 10.1. The van der Waals surface area contributed by atoms with Crippen LogP contribution < -0.4 is 5.32 Å². The summed E-state index contributed by atoms with van der Waals surface area (Å²) in [6, 6.07) is 8.80. The molecule has 114 valence electrons. The van der Waals surface area contributed by atoms with Crippen molar-refractivity contribution in [2.24, 2.45) is 0 Å². The zero-order valence-corrected chi connectivity index (χ0v) is 13.0. The van der Waals surface area contributed by atoms with Gasteiger partial charge in [0.25, 0.3) is 0 Å². The van der Waals surface area contributed by atoms with Crippen LogP contribution in [-0.2, 0) is 0 Å². The van der Waals surface area contributed by atoms with Crippen molar-refractivity contribution in [1.29, 1.82) is 0 Å². The lowest BCUT2D eigenvalue weighted by Crippen LogP contribution is -2.53. The molecule has 0 radical (unpaired) electrons. The summed E-state index contributed by atoms with van der Waals surface area (Å²) in [5.41, 5.74) is 2.19. The third-order valence-corrected chi connectivity index (χ3v) is 4.70. The van der Waals surface area contributed by atoms with E-state index in [0.717, 1.165) is 25.3 Å². The minimum Gasteiger partial charge on any atom is -0.322 e. The molecule has 2 fully saturated rings. The van der Waals surface area contributed by atoms with E-state index in [2.05, 4.69) is 36.2 Å². The predicted octanol–water partition coefficient (Wildman–Crippen LogP) is 3.12. The fraction of sp³-hybridized carbons (Fsp3) is 0.588. The third kappa shape index (κ3) is 3.21. The Bertz CT molecular complexity index is 497. The summed E-state index contributed by atoms with van der Waals surface area (Å²) < 4.78 is 0. The second kappa shape index (κ2) is 6.06. The fourth-order valence-corrected chi connectivity index (χ4v) is 3.33. The van der Waals surface area contributed by atoms with E-state index in [1.165, 1.54) is 24.9 Å². The Balaban J connectivity index is 1.58. The second-order valence-electron chi connectivity index (χ2n) is 6.48. The van der Waals surface area contributed by atoms with Gasteiger partial charge in [0.2, 0.25) is 0 Å². The van der Waals surface area contributed by atoms with Gasteiger partial charge in [-0.05, 0) is 43.0 Å². The van der Waals surface area contributed by atoms with Crippen molar-refractivity contribution < 1.29 is 4.79 Å². The predicted molar refractivity (Wildman–Crippen MR) is 85.7 cm³/mol. The number of hydrogen-bond donors (Lipinski definition) is 1. The Morgan fingerprint density at radius 3 is 2.67 bits per heavy atom. The summed E-state index contributed by atoms with van der Waals surface area (Å²) in [4.78, 5) is 16.8. The molecule has 0 aromatic heterocycles. The van der Waals surface area contributed by atoms with Crippen molar-refractivity contribution in [3.63, 3.8) is 0 Å². The smallest absolute Gasteiger partial charge is 0.321 e. The molecular formula is C17H25N3O. The van der Waals surface area contributed by atoms with Crippen LogP contribution in [0.5, 0.6) is 0 Å². The maximum atomic E-state index is 12.4. The zero-order valence-electron chi connectivity index (χ0n) is 13.0. The molecule has 2 amide bonds. The summed E-state index contributed by atoms with van der Waals surface area (Å²) in [7, 11) is 0. The van der Waals surface area contributed by atoms with Crippen molar-refractivity contribution in [1.82, 2.24) is 9.80 Å². The molecule has 2 heterocycles. The lowest BCUT2D eigenvalue weighted by atomic mass is 10.0. The van der Waals surface area contributed by atoms with Gasteiger partial charge in [0.15, 0.2) is 0 Å². The van der Waals surface area contributed by atoms with E-state index in [1.807, 2.05) is 17.0 Å². The topological polar surface area (TPSA) is 35.6 Å². The molecule has 0 bridgehead atoms. The molecule has 21 heavy (non-hydrogen) atoms. The molecule has 1 atom stereocenters. The van der Waals surface area contributed by atoms with Gasteiger partial charge in [-0.25, -0.2) is 4.79 Å². The molecule has 0 aliphatic carbocycles. The van der Waals surface area contributed by atoms with Gasteiger partial charge in [0, 0.05) is 31.4 Å². The number of anilines is 1. The first-order valence-electron chi connectivity index (χ1n) is 8.03. The number of carbonyl (C=O) groups is 1. The summed E-state index contributed by atoms with van der Waals surface area (Å²) in [6.45, 7) is 8.28. The van der Waals surface area contributed by atoms with Gasteiger partial charge < -0.3 is 10.2 Å². The van der Waals surface area contributed by atoms with Crippen LogP contribution in [0.3, 0.4) is 0 Å². The number of nitrogens with one attached hydrogen (secondary N) is 1. The number of hydrogen-bond acceptors (Lipinski definition) is 2. The second-order valence-corrected chi connectivity index (χ2v) is 6.48. The van der Waals surface area contributed by atoms with Gasteiger partial charge in [-0.15, -0.1) is 0 Å². The van der Waals surface area contributed by atoms with Crippen LogP contribution in [0.2, 0.25) is 0 Å². The molecule has 1 N–H and O–H groups in total. The van der Waals surface area contributed by atoms with Crippen LogP contribution in [0.15, 0.2) is 24.3 Å². The largest absolute Gasteiger partial charge is 0.322 e. The fourth-order valence-electron chi connectivity index (χ4n) is 3.33. The molecule has 0 saturated carbocycles. The van der Waals surface area contributed by atoms with Gasteiger partial charge in [-0.1, -0.05) is 26.0 Å². The molecule has 2 aliphatic heterocycles. The SMILES string of the molecule is CC(C)c1ccc(NC(=O)N2CCN3CCCC3C2)cc1. The van der Waals surface area contributed by atoms with Gasteiger partial charge >= 0.3 is 6.03 Å². The van der Waals surface area contributed by atoms with Crippen LogP contribution in [0.4, 0.5) is 10.5 Å². The van der Waals surface area contributed by atoms with Gasteiger partial charge in [-0.3, -0.25) is 4.90 Å². The van der Waals surface area contributed by atoms with Gasteiger partial charge in [-0.2, -0.15) is 0 Å². The minimum atomic E-state index is 0.0406. The quantitative estimate of drug-likeness (QED) is 0.907. The molecule has 2 saturated heterocycles.